The molecule has 1 fully saturated rings. The predicted octanol–water partition coefficient (Wildman–Crippen LogP) is 0.446. The number of hydrazone groups is 1. The number of hydrazine groups is 1. The van der Waals surface area contributed by atoms with Gasteiger partial charge < -0.3 is 26.6 Å². The largest absolute Gasteiger partial charge is 0.494 e. The molecule has 0 radical (unpaired) electrons. The average molecular weight is 423 g/mol. The molecule has 1 aliphatic rings. The van der Waals surface area contributed by atoms with E-state index < -0.39 is 0 Å². The first kappa shape index (κ1) is 20.0. The number of carbonyl (C=O) groups excluding carboxylic acids is 1. The fraction of sp³-hybridized carbons (Fsp3) is 0.222. The molecule has 160 valence electrons. The first-order valence-electron chi connectivity index (χ1n) is 9.37. The van der Waals surface area contributed by atoms with E-state index >= 15 is 0 Å². The van der Waals surface area contributed by atoms with Crippen LogP contribution in [0.4, 0.5) is 17.2 Å². The van der Waals surface area contributed by atoms with Crippen molar-refractivity contribution in [3.63, 3.8) is 0 Å². The third-order valence-electron chi connectivity index (χ3n) is 4.64. The molecule has 0 aliphatic heterocycles. The number of aromatic nitrogens is 5. The zero-order valence-corrected chi connectivity index (χ0v) is 16.6. The number of ether oxygens (including phenoxy) is 1. The number of nitrogens with zero attached hydrogens (tertiary/aromatic N) is 5. The highest BCUT2D eigenvalue weighted by Gasteiger charge is 2.30. The zero-order chi connectivity index (χ0) is 21.8. The van der Waals surface area contributed by atoms with Gasteiger partial charge in [0.2, 0.25) is 5.91 Å². The van der Waals surface area contributed by atoms with Crippen LogP contribution in [-0.4, -0.2) is 44.2 Å². The minimum atomic E-state index is -0.0948. The van der Waals surface area contributed by atoms with Crippen molar-refractivity contribution in [3.05, 3.63) is 36.3 Å². The minimum Gasteiger partial charge on any atom is -0.494 e. The van der Waals surface area contributed by atoms with E-state index in [1.165, 1.54) is 6.33 Å². The Labute approximate surface area is 176 Å². The lowest BCUT2D eigenvalue weighted by atomic mass is 10.1. The van der Waals surface area contributed by atoms with Crippen molar-refractivity contribution < 1.29 is 9.53 Å². The Morgan fingerprint density at radius 3 is 2.77 bits per heavy atom. The molecule has 8 N–H and O–H groups in total. The second-order valence-corrected chi connectivity index (χ2v) is 6.72. The Balaban J connectivity index is 1.73. The second-order valence-electron chi connectivity index (χ2n) is 6.72. The molecule has 13 nitrogen and oxygen atoms in total. The number of anilines is 3. The van der Waals surface area contributed by atoms with Crippen LogP contribution >= 0.6 is 0 Å². The third-order valence-corrected chi connectivity index (χ3v) is 4.64. The summed E-state index contributed by atoms with van der Waals surface area (Å²) in [7, 11) is 1.54. The number of amidine groups is 1. The van der Waals surface area contributed by atoms with Crippen LogP contribution in [0.25, 0.3) is 11.4 Å². The third kappa shape index (κ3) is 4.20. The minimum absolute atomic E-state index is 0.0171. The van der Waals surface area contributed by atoms with Gasteiger partial charge in [-0.05, 0) is 25.0 Å². The summed E-state index contributed by atoms with van der Waals surface area (Å²) in [5, 5.41) is 24.5. The summed E-state index contributed by atoms with van der Waals surface area (Å²) in [6, 6.07) is 7.09. The van der Waals surface area contributed by atoms with Crippen LogP contribution in [-0.2, 0) is 4.79 Å². The van der Waals surface area contributed by atoms with Gasteiger partial charge in [-0.25, -0.2) is 10.8 Å². The number of para-hydroxylation sites is 1. The molecule has 1 saturated carbocycles. The Morgan fingerprint density at radius 2 is 2.13 bits per heavy atom. The lowest BCUT2D eigenvalue weighted by Gasteiger charge is -2.17. The molecule has 2 heterocycles. The number of nitrogens with two attached hydrogens (primary N) is 2. The van der Waals surface area contributed by atoms with Crippen molar-refractivity contribution in [3.8, 4) is 17.1 Å². The molecule has 3 aromatic rings. The number of amides is 1. The molecule has 1 aliphatic carbocycles. The van der Waals surface area contributed by atoms with Crippen LogP contribution in [0.5, 0.6) is 5.75 Å². The summed E-state index contributed by atoms with van der Waals surface area (Å²) >= 11 is 0. The monoisotopic (exact) mass is 423 g/mol. The van der Waals surface area contributed by atoms with Gasteiger partial charge in [0.15, 0.2) is 28.9 Å². The Bertz CT molecular complexity index is 1110. The van der Waals surface area contributed by atoms with Crippen LogP contribution in [0.3, 0.4) is 0 Å². The molecule has 0 unspecified atom stereocenters. The fourth-order valence-corrected chi connectivity index (χ4v) is 2.99. The number of methoxy groups -OCH3 is 1. The maximum Gasteiger partial charge on any atom is 0.228 e. The van der Waals surface area contributed by atoms with E-state index in [1.54, 1.807) is 19.2 Å². The highest BCUT2D eigenvalue weighted by Crippen LogP contribution is 2.37. The standard InChI is InChI=1S/C18H21N11O2/c1-31-15-10(16-21-8-22-29-16)3-2-4-11(15)23-12-7-13(24-18(30)9-5-6-9)27-28-14(12)17(25-19)26-20/h2-4,7-9H,5-6,19-20H2,1H3,(H,25,26)(H,21,22,29)(H2,23,24,27,30). The molecule has 2 aromatic heterocycles. The molecular weight excluding hydrogens is 402 g/mol. The number of hydrogen-bond donors (Lipinski definition) is 6. The lowest BCUT2D eigenvalue weighted by molar-refractivity contribution is -0.117. The first-order chi connectivity index (χ1) is 15.1. The van der Waals surface area contributed by atoms with Gasteiger partial charge in [-0.3, -0.25) is 9.89 Å². The van der Waals surface area contributed by atoms with Gasteiger partial charge in [-0.1, -0.05) is 6.07 Å². The summed E-state index contributed by atoms with van der Waals surface area (Å²) in [4.78, 5) is 16.3. The number of H-pyrrole nitrogens is 1. The number of hydrogen-bond acceptors (Lipinski definition) is 10. The quantitative estimate of drug-likeness (QED) is 0.134. The highest BCUT2D eigenvalue weighted by atomic mass is 16.5. The van der Waals surface area contributed by atoms with Gasteiger partial charge in [-0.2, -0.15) is 10.2 Å². The first-order valence-corrected chi connectivity index (χ1v) is 9.37. The predicted molar refractivity (Wildman–Crippen MR) is 113 cm³/mol. The van der Waals surface area contributed by atoms with Crippen molar-refractivity contribution >= 4 is 28.9 Å². The van der Waals surface area contributed by atoms with Crippen molar-refractivity contribution in [2.45, 2.75) is 12.8 Å². The average Bonchev–Trinajstić information content (AvgIpc) is 3.50. The van der Waals surface area contributed by atoms with Crippen LogP contribution in [0.1, 0.15) is 18.5 Å². The van der Waals surface area contributed by atoms with Gasteiger partial charge in [0.05, 0.1) is 24.0 Å². The van der Waals surface area contributed by atoms with E-state index in [1.807, 2.05) is 12.1 Å². The van der Waals surface area contributed by atoms with Crippen molar-refractivity contribution in [2.75, 3.05) is 17.7 Å². The molecule has 31 heavy (non-hydrogen) atoms. The number of carbonyl (C=O) groups is 1. The van der Waals surface area contributed by atoms with Gasteiger partial charge in [0, 0.05) is 12.0 Å². The Kier molecular flexibility index (Phi) is 5.57. The summed E-state index contributed by atoms with van der Waals surface area (Å²) in [6.07, 6.45) is 3.15. The molecular formula is C18H21N11O2. The topological polar surface area (TPSA) is 194 Å². The molecule has 0 atom stereocenters. The van der Waals surface area contributed by atoms with Crippen LogP contribution in [0.15, 0.2) is 35.7 Å². The molecule has 13 heteroatoms. The highest BCUT2D eigenvalue weighted by molar-refractivity contribution is 6.03. The zero-order valence-electron chi connectivity index (χ0n) is 16.6. The Hall–Kier alpha value is -4.26. The number of aromatic amines is 1. The smallest absolute Gasteiger partial charge is 0.228 e. The lowest BCUT2D eigenvalue weighted by Crippen LogP contribution is -2.33. The van der Waals surface area contributed by atoms with Crippen molar-refractivity contribution in [1.82, 2.24) is 30.8 Å². The maximum atomic E-state index is 12.1. The van der Waals surface area contributed by atoms with E-state index in [0.717, 1.165) is 12.8 Å². The molecule has 0 saturated heterocycles. The van der Waals surface area contributed by atoms with E-state index in [0.29, 0.717) is 28.5 Å². The van der Waals surface area contributed by atoms with E-state index in [-0.39, 0.29) is 29.2 Å². The molecule has 1 amide bonds. The van der Waals surface area contributed by atoms with E-state index in [9.17, 15) is 4.79 Å². The van der Waals surface area contributed by atoms with Crippen molar-refractivity contribution in [2.24, 2.45) is 22.7 Å². The number of rotatable bonds is 7. The van der Waals surface area contributed by atoms with Crippen LogP contribution in [0.2, 0.25) is 0 Å². The van der Waals surface area contributed by atoms with Gasteiger partial charge in [0.25, 0.3) is 0 Å². The van der Waals surface area contributed by atoms with Crippen LogP contribution in [0, 0.1) is 5.92 Å². The summed E-state index contributed by atoms with van der Waals surface area (Å²) in [5.74, 6) is 12.3. The van der Waals surface area contributed by atoms with Gasteiger partial charge >= 0.3 is 0 Å². The molecule has 0 bridgehead atoms. The number of nitrogens with one attached hydrogen (secondary N) is 4. The molecule has 0 spiro atoms. The summed E-state index contributed by atoms with van der Waals surface area (Å²) in [6.45, 7) is 0. The van der Waals surface area contributed by atoms with Gasteiger partial charge in [0.1, 0.15) is 6.33 Å². The molecule has 4 rings (SSSR count). The second kappa shape index (κ2) is 8.62. The SMILES string of the molecule is COc1c(Nc2cc(NC(=O)C3CC3)nnc2/C(=N/N)NN)cccc1-c1ncn[nH]1. The van der Waals surface area contributed by atoms with Crippen molar-refractivity contribution in [1.29, 1.82) is 0 Å². The fourth-order valence-electron chi connectivity index (χ4n) is 2.99. The summed E-state index contributed by atoms with van der Waals surface area (Å²) in [5.41, 5.74) is 4.37. The summed E-state index contributed by atoms with van der Waals surface area (Å²) < 4.78 is 5.61. The number of benzene rings is 1. The normalized spacial score (nSPS) is 13.5. The van der Waals surface area contributed by atoms with Gasteiger partial charge in [-0.15, -0.1) is 10.2 Å². The maximum absolute atomic E-state index is 12.1. The Morgan fingerprint density at radius 1 is 1.29 bits per heavy atom. The molecule has 1 aromatic carbocycles. The van der Waals surface area contributed by atoms with E-state index in [2.05, 4.69) is 46.5 Å². The van der Waals surface area contributed by atoms with E-state index in [4.69, 9.17) is 16.4 Å². The van der Waals surface area contributed by atoms with Crippen LogP contribution < -0.4 is 32.5 Å².